The lowest BCUT2D eigenvalue weighted by molar-refractivity contribution is -0.385. The fourth-order valence-electron chi connectivity index (χ4n) is 8.34. The lowest BCUT2D eigenvalue weighted by Crippen LogP contribution is -2.52. The quantitative estimate of drug-likeness (QED) is 0.0279. The number of nitrogens with zero attached hydrogens (tertiary/aromatic N) is 4. The fourth-order valence-corrected chi connectivity index (χ4v) is 12.3. The van der Waals surface area contributed by atoms with E-state index in [4.69, 9.17) is 23.5 Å². The molecule has 4 aromatic rings. The number of non-ortho nitro benzene ring substituents is 2. The number of aliphatic hydroxyl groups is 1. The molecule has 4 aromatic carbocycles. The highest BCUT2D eigenvalue weighted by Crippen LogP contribution is 2.40. The van der Waals surface area contributed by atoms with Crippen LogP contribution in [0.2, 0.25) is 0 Å². The molecule has 0 spiro atoms. The van der Waals surface area contributed by atoms with Crippen LogP contribution in [0, 0.1) is 32.1 Å². The third kappa shape index (κ3) is 20.1. The van der Waals surface area contributed by atoms with Crippen molar-refractivity contribution in [3.63, 3.8) is 0 Å². The molecule has 2 heterocycles. The molecule has 0 saturated carbocycles. The first kappa shape index (κ1) is 62.9. The number of nitrogens with one attached hydrogen (secondary N) is 2. The number of carbonyl (C=O) groups excluding carboxylic acids is 2. The van der Waals surface area contributed by atoms with Gasteiger partial charge in [-0.25, -0.2) is 26.4 Å². The van der Waals surface area contributed by atoms with E-state index in [0.29, 0.717) is 26.1 Å². The molecule has 27 heteroatoms. The summed E-state index contributed by atoms with van der Waals surface area (Å²) in [4.78, 5) is 56.1. The van der Waals surface area contributed by atoms with Crippen molar-refractivity contribution in [2.24, 2.45) is 11.8 Å². The molecule has 2 saturated heterocycles. The zero-order valence-corrected chi connectivity index (χ0v) is 46.5. The summed E-state index contributed by atoms with van der Waals surface area (Å²) in [7, 11) is -12.5. The first-order valence-electron chi connectivity index (χ1n) is 25.2. The van der Waals surface area contributed by atoms with Crippen molar-refractivity contribution in [2.45, 2.75) is 113 Å². The molecule has 0 aliphatic carbocycles. The largest absolute Gasteiger partial charge is 0.420 e. The summed E-state index contributed by atoms with van der Waals surface area (Å²) in [6.45, 7) is 8.56. The van der Waals surface area contributed by atoms with Crippen LogP contribution in [0.5, 0.6) is 0 Å². The first-order chi connectivity index (χ1) is 36.8. The number of ether oxygens (including phenoxy) is 4. The lowest BCUT2D eigenvalue weighted by Gasteiger charge is -2.33. The number of nitro benzene ring substituents is 2. The van der Waals surface area contributed by atoms with Crippen molar-refractivity contribution < 1.29 is 74.3 Å². The van der Waals surface area contributed by atoms with Gasteiger partial charge in [0.15, 0.2) is 0 Å². The molecular formula is C51H69N6O18PS2. The summed E-state index contributed by atoms with van der Waals surface area (Å²) < 4.78 is 95.9. The second kappa shape index (κ2) is 29.3. The SMILES string of the molecule is CC(C)CN(CC(O)C(Cc1ccccc1)NC(=O)OC1CCCO1)S(=O)(=O)c1ccc([N+](=O)[O-])cc1.CC(C)CN(CC(OP(C)(=O)O)C(Cc1ccccc1)NC(=O)OC1CCCO1)S(=O)(=O)c1ccc([N+](=O)[O-])cc1. The fraction of sp³-hybridized carbons (Fsp3) is 0.490. The summed E-state index contributed by atoms with van der Waals surface area (Å²) in [6.07, 6.45) is -2.62. The third-order valence-electron chi connectivity index (χ3n) is 12.0. The van der Waals surface area contributed by atoms with Gasteiger partial charge in [-0.1, -0.05) is 88.4 Å². The predicted octanol–water partition coefficient (Wildman–Crippen LogP) is 6.99. The second-order valence-corrected chi connectivity index (χ2v) is 25.2. The monoisotopic (exact) mass is 1150 g/mol. The van der Waals surface area contributed by atoms with Gasteiger partial charge < -0.3 is 44.1 Å². The second-order valence-electron chi connectivity index (χ2n) is 19.5. The van der Waals surface area contributed by atoms with Gasteiger partial charge in [0.25, 0.3) is 11.4 Å². The van der Waals surface area contributed by atoms with Gasteiger partial charge in [-0.15, -0.1) is 0 Å². The highest BCUT2D eigenvalue weighted by Gasteiger charge is 2.37. The summed E-state index contributed by atoms with van der Waals surface area (Å²) in [5, 5.41) is 38.6. The summed E-state index contributed by atoms with van der Waals surface area (Å²) in [5.41, 5.74) is 1.08. The molecule has 0 bridgehead atoms. The maximum Gasteiger partial charge on any atom is 0.409 e. The molecule has 2 aliphatic heterocycles. The van der Waals surface area contributed by atoms with Gasteiger partial charge in [0, 0.05) is 70.0 Å². The summed E-state index contributed by atoms with van der Waals surface area (Å²) in [5.74, 6) is -0.249. The molecule has 0 aromatic heterocycles. The molecule has 2 amide bonds. The van der Waals surface area contributed by atoms with E-state index in [1.165, 1.54) is 12.1 Å². The number of hydrogen-bond donors (Lipinski definition) is 4. The van der Waals surface area contributed by atoms with Gasteiger partial charge in [-0.05, 0) is 72.9 Å². The van der Waals surface area contributed by atoms with E-state index in [0.717, 1.165) is 75.6 Å². The van der Waals surface area contributed by atoms with Crippen LogP contribution in [-0.4, -0.2) is 140 Å². The zero-order chi connectivity index (χ0) is 57.2. The molecule has 7 unspecified atom stereocenters. The first-order valence-corrected chi connectivity index (χ1v) is 30.1. The Hall–Kier alpha value is -5.93. The molecule has 6 rings (SSSR count). The Morgan fingerprint density at radius 2 is 1.04 bits per heavy atom. The lowest BCUT2D eigenvalue weighted by atomic mass is 10.0. The number of hydrogen-bond acceptors (Lipinski definition) is 17. The number of carbonyl (C=O) groups is 2. The Kier molecular flexibility index (Phi) is 23.7. The Morgan fingerprint density at radius 3 is 1.40 bits per heavy atom. The standard InChI is InChI=1S/C26H36N3O10PS.C25H33N3O8S/c1-19(2)17-28(41(35,36)22-13-11-21(12-14-22)29(31)32)18-24(39-40(3,33)34)23(16-20-8-5-4-6-9-20)27-26(30)38-25-10-7-15-37-25;1-18(2)16-27(37(33,34)21-12-10-20(11-13-21)28(31)32)17-23(29)22(15-19-7-4-3-5-8-19)26-25(30)36-24-9-6-14-35-24/h4-6,8-9,11-14,19,23-25H,7,10,15-18H2,1-3H3,(H,27,30)(H,33,34);3-5,7-8,10-13,18,22-24,29H,6,9,14-17H2,1-2H3,(H,26,30). The van der Waals surface area contributed by atoms with Crippen LogP contribution < -0.4 is 10.6 Å². The molecule has 7 atom stereocenters. The Balaban J connectivity index is 0.000000289. The van der Waals surface area contributed by atoms with Crippen molar-refractivity contribution >= 4 is 51.2 Å². The average Bonchev–Trinajstić information content (AvgIpc) is 4.11. The van der Waals surface area contributed by atoms with Gasteiger partial charge >= 0.3 is 19.8 Å². The van der Waals surface area contributed by atoms with Crippen LogP contribution in [-0.2, 0) is 60.9 Å². The smallest absolute Gasteiger partial charge is 0.409 e. The molecule has 78 heavy (non-hydrogen) atoms. The van der Waals surface area contributed by atoms with Crippen molar-refractivity contribution in [3.05, 3.63) is 141 Å². The minimum Gasteiger partial charge on any atom is -0.420 e. The van der Waals surface area contributed by atoms with Gasteiger partial charge in [-0.3, -0.25) is 24.8 Å². The number of aliphatic hydroxyl groups excluding tert-OH is 1. The van der Waals surface area contributed by atoms with E-state index in [1.807, 2.05) is 44.2 Å². The van der Waals surface area contributed by atoms with Gasteiger partial charge in [-0.2, -0.15) is 8.61 Å². The summed E-state index contributed by atoms with van der Waals surface area (Å²) in [6, 6.07) is 25.3. The number of nitro groups is 2. The predicted molar refractivity (Wildman–Crippen MR) is 285 cm³/mol. The van der Waals surface area contributed by atoms with E-state index in [2.05, 4.69) is 10.6 Å². The minimum absolute atomic E-state index is 0.00293. The van der Waals surface area contributed by atoms with Crippen molar-refractivity contribution in [1.29, 1.82) is 0 Å². The van der Waals surface area contributed by atoms with E-state index >= 15 is 0 Å². The number of sulfonamides is 2. The number of rotatable bonds is 26. The van der Waals surface area contributed by atoms with E-state index in [1.54, 1.807) is 44.2 Å². The van der Waals surface area contributed by atoms with Crippen LogP contribution in [0.4, 0.5) is 21.0 Å². The Bertz CT molecular complexity index is 2840. The topological polar surface area (TPSA) is 323 Å². The van der Waals surface area contributed by atoms with Crippen molar-refractivity contribution in [1.82, 2.24) is 19.2 Å². The molecule has 2 fully saturated rings. The Morgan fingerprint density at radius 1 is 0.654 bits per heavy atom. The zero-order valence-electron chi connectivity index (χ0n) is 44.0. The molecule has 2 aliphatic rings. The van der Waals surface area contributed by atoms with Crippen LogP contribution in [0.15, 0.2) is 119 Å². The van der Waals surface area contributed by atoms with Crippen LogP contribution in [0.1, 0.15) is 64.5 Å². The van der Waals surface area contributed by atoms with Gasteiger partial charge in [0.2, 0.25) is 32.6 Å². The average molecular weight is 1150 g/mol. The maximum absolute atomic E-state index is 13.7. The molecule has 428 valence electrons. The maximum atomic E-state index is 13.7. The van der Waals surface area contributed by atoms with Crippen LogP contribution in [0.25, 0.3) is 0 Å². The molecule has 24 nitrogen and oxygen atoms in total. The minimum atomic E-state index is -4.25. The molecule has 0 radical (unpaired) electrons. The molecular weight excluding hydrogens is 1080 g/mol. The van der Waals surface area contributed by atoms with E-state index in [9.17, 15) is 61.2 Å². The normalized spacial score (nSPS) is 18.0. The van der Waals surface area contributed by atoms with E-state index in [-0.39, 0.29) is 65.5 Å². The Labute approximate surface area is 454 Å². The highest BCUT2D eigenvalue weighted by molar-refractivity contribution is 7.89. The number of alkyl carbamates (subject to hydrolysis) is 2. The van der Waals surface area contributed by atoms with Crippen LogP contribution >= 0.6 is 7.60 Å². The van der Waals surface area contributed by atoms with Crippen molar-refractivity contribution in [2.75, 3.05) is 46.1 Å². The summed E-state index contributed by atoms with van der Waals surface area (Å²) >= 11 is 0. The molecule has 4 N–H and O–H groups in total. The van der Waals surface area contributed by atoms with E-state index < -0.39 is 93.1 Å². The van der Waals surface area contributed by atoms with Gasteiger partial charge in [0.1, 0.15) is 6.10 Å². The van der Waals surface area contributed by atoms with Crippen LogP contribution in [0.3, 0.4) is 0 Å². The number of amides is 2. The van der Waals surface area contributed by atoms with Crippen molar-refractivity contribution in [3.8, 4) is 0 Å². The number of benzene rings is 4. The van der Waals surface area contributed by atoms with Gasteiger partial charge in [0.05, 0.1) is 51.0 Å². The highest BCUT2D eigenvalue weighted by atomic mass is 32.2. The third-order valence-corrected chi connectivity index (χ3v) is 16.3.